The molecule has 2 heteroatoms. The van der Waals surface area contributed by atoms with Crippen LogP contribution in [-0.4, -0.2) is 4.98 Å². The molecule has 1 aromatic heterocycles. The number of hydrogen-bond donors (Lipinski definition) is 1. The summed E-state index contributed by atoms with van der Waals surface area (Å²) in [4.78, 5) is 3.98. The van der Waals surface area contributed by atoms with Crippen LogP contribution in [0.25, 0.3) is 0 Å². The van der Waals surface area contributed by atoms with Crippen LogP contribution in [0.3, 0.4) is 0 Å². The molecule has 0 radical (unpaired) electrons. The van der Waals surface area contributed by atoms with Gasteiger partial charge in [0.25, 0.3) is 0 Å². The van der Waals surface area contributed by atoms with Crippen molar-refractivity contribution in [3.8, 4) is 0 Å². The van der Waals surface area contributed by atoms with Crippen molar-refractivity contribution < 1.29 is 0 Å². The molecule has 0 amide bonds. The number of nitrogens with zero attached hydrogens (tertiary/aromatic N) is 1. The van der Waals surface area contributed by atoms with Gasteiger partial charge in [0.1, 0.15) is 0 Å². The Labute approximate surface area is 54.7 Å². The van der Waals surface area contributed by atoms with Gasteiger partial charge in [-0.3, -0.25) is 4.98 Å². The van der Waals surface area contributed by atoms with E-state index in [-0.39, 0.29) is 0 Å². The first-order valence-electron chi connectivity index (χ1n) is 2.93. The zero-order valence-corrected chi connectivity index (χ0v) is 5.46. The van der Waals surface area contributed by atoms with E-state index < -0.39 is 0 Å². The highest BCUT2D eigenvalue weighted by Gasteiger charge is 1.87. The molecule has 1 rings (SSSR count). The van der Waals surface area contributed by atoms with E-state index in [0.717, 1.165) is 11.1 Å². The van der Waals surface area contributed by atoms with E-state index in [1.807, 2.05) is 19.2 Å². The molecule has 0 saturated carbocycles. The van der Waals surface area contributed by atoms with Crippen LogP contribution in [0.4, 0.5) is 0 Å². The summed E-state index contributed by atoms with van der Waals surface area (Å²) >= 11 is 0. The maximum absolute atomic E-state index is 5.38. The van der Waals surface area contributed by atoms with Crippen LogP contribution in [0, 0.1) is 6.92 Å². The Morgan fingerprint density at radius 3 is 2.78 bits per heavy atom. The van der Waals surface area contributed by atoms with Crippen LogP contribution in [-0.2, 0) is 6.54 Å². The van der Waals surface area contributed by atoms with Crippen molar-refractivity contribution in [1.29, 1.82) is 0 Å². The number of aryl methyl sites for hydroxylation is 1. The standard InChI is InChI=1S/C7H10N2/c1-6-2-7(3-8)5-9-4-6/h2,4-5H,3,8H2,1H3. The monoisotopic (exact) mass is 122 g/mol. The Kier molecular flexibility index (Phi) is 1.80. The summed E-state index contributed by atoms with van der Waals surface area (Å²) in [5.41, 5.74) is 7.64. The maximum Gasteiger partial charge on any atom is 0.0312 e. The van der Waals surface area contributed by atoms with Crippen LogP contribution in [0.1, 0.15) is 11.1 Å². The van der Waals surface area contributed by atoms with Crippen LogP contribution >= 0.6 is 0 Å². The number of pyridine rings is 1. The summed E-state index contributed by atoms with van der Waals surface area (Å²) in [5.74, 6) is 0. The predicted molar refractivity (Wildman–Crippen MR) is 36.9 cm³/mol. The average molecular weight is 122 g/mol. The normalized spacial score (nSPS) is 9.56. The molecule has 0 fully saturated rings. The third-order valence-electron chi connectivity index (χ3n) is 1.17. The van der Waals surface area contributed by atoms with Crippen molar-refractivity contribution in [2.75, 3.05) is 0 Å². The van der Waals surface area contributed by atoms with Crippen molar-refractivity contribution in [3.05, 3.63) is 29.6 Å². The fourth-order valence-electron chi connectivity index (χ4n) is 0.729. The first kappa shape index (κ1) is 6.23. The van der Waals surface area contributed by atoms with Gasteiger partial charge in [0.2, 0.25) is 0 Å². The van der Waals surface area contributed by atoms with Gasteiger partial charge < -0.3 is 5.73 Å². The second kappa shape index (κ2) is 2.60. The summed E-state index contributed by atoms with van der Waals surface area (Å²) in [6.45, 7) is 2.58. The third kappa shape index (κ3) is 1.50. The zero-order chi connectivity index (χ0) is 6.69. The number of hydrogen-bond acceptors (Lipinski definition) is 2. The molecule has 0 unspecified atom stereocenters. The smallest absolute Gasteiger partial charge is 0.0312 e. The van der Waals surface area contributed by atoms with Crippen LogP contribution in [0.2, 0.25) is 0 Å². The Morgan fingerprint density at radius 2 is 2.33 bits per heavy atom. The number of aromatic nitrogens is 1. The second-order valence-electron chi connectivity index (χ2n) is 2.07. The van der Waals surface area contributed by atoms with E-state index in [4.69, 9.17) is 5.73 Å². The van der Waals surface area contributed by atoms with Crippen LogP contribution in [0.5, 0.6) is 0 Å². The first-order chi connectivity index (χ1) is 4.33. The topological polar surface area (TPSA) is 38.9 Å². The number of rotatable bonds is 1. The molecule has 48 valence electrons. The summed E-state index contributed by atoms with van der Waals surface area (Å²) in [7, 11) is 0. The number of nitrogens with two attached hydrogens (primary N) is 1. The van der Waals surface area contributed by atoms with Crippen molar-refractivity contribution in [2.45, 2.75) is 13.5 Å². The fraction of sp³-hybridized carbons (Fsp3) is 0.286. The van der Waals surface area contributed by atoms with Crippen molar-refractivity contribution in [1.82, 2.24) is 4.98 Å². The molecule has 0 aliphatic heterocycles. The lowest BCUT2D eigenvalue weighted by molar-refractivity contribution is 1.04. The molecule has 0 aliphatic rings. The lowest BCUT2D eigenvalue weighted by Gasteiger charge is -1.94. The maximum atomic E-state index is 5.38. The highest BCUT2D eigenvalue weighted by molar-refractivity contribution is 5.15. The van der Waals surface area contributed by atoms with Gasteiger partial charge in [-0.05, 0) is 18.1 Å². The molecule has 1 aromatic rings. The third-order valence-corrected chi connectivity index (χ3v) is 1.17. The van der Waals surface area contributed by atoms with E-state index in [1.165, 1.54) is 0 Å². The minimum absolute atomic E-state index is 0.578. The lowest BCUT2D eigenvalue weighted by atomic mass is 10.2. The van der Waals surface area contributed by atoms with E-state index in [0.29, 0.717) is 6.54 Å². The SMILES string of the molecule is Cc1cncc(CN)c1. The van der Waals surface area contributed by atoms with E-state index in [2.05, 4.69) is 4.98 Å². The van der Waals surface area contributed by atoms with Crippen LogP contribution in [0.15, 0.2) is 18.5 Å². The molecule has 9 heavy (non-hydrogen) atoms. The van der Waals surface area contributed by atoms with E-state index >= 15 is 0 Å². The highest BCUT2D eigenvalue weighted by atomic mass is 14.6. The molecule has 0 aliphatic carbocycles. The fourth-order valence-corrected chi connectivity index (χ4v) is 0.729. The molecule has 0 spiro atoms. The van der Waals surface area contributed by atoms with Gasteiger partial charge in [0.15, 0.2) is 0 Å². The molecule has 0 atom stereocenters. The first-order valence-corrected chi connectivity index (χ1v) is 2.93. The summed E-state index contributed by atoms with van der Waals surface area (Å²) in [6.07, 6.45) is 3.60. The zero-order valence-electron chi connectivity index (χ0n) is 5.46. The molecule has 0 bridgehead atoms. The minimum Gasteiger partial charge on any atom is -0.326 e. The average Bonchev–Trinajstić information content (AvgIpc) is 1.88. The molecule has 2 nitrogen and oxygen atoms in total. The van der Waals surface area contributed by atoms with Gasteiger partial charge in [-0.15, -0.1) is 0 Å². The lowest BCUT2D eigenvalue weighted by Crippen LogP contribution is -1.96. The van der Waals surface area contributed by atoms with E-state index in [9.17, 15) is 0 Å². The second-order valence-corrected chi connectivity index (χ2v) is 2.07. The van der Waals surface area contributed by atoms with Crippen molar-refractivity contribution >= 4 is 0 Å². The quantitative estimate of drug-likeness (QED) is 0.599. The van der Waals surface area contributed by atoms with E-state index in [1.54, 1.807) is 6.20 Å². The molecular weight excluding hydrogens is 112 g/mol. The highest BCUT2D eigenvalue weighted by Crippen LogP contribution is 1.98. The van der Waals surface area contributed by atoms with Crippen molar-refractivity contribution in [3.63, 3.8) is 0 Å². The van der Waals surface area contributed by atoms with Crippen molar-refractivity contribution in [2.24, 2.45) is 5.73 Å². The molecule has 2 N–H and O–H groups in total. The minimum atomic E-state index is 0.578. The Balaban J connectivity index is 2.94. The summed E-state index contributed by atoms with van der Waals surface area (Å²) < 4.78 is 0. The largest absolute Gasteiger partial charge is 0.326 e. The van der Waals surface area contributed by atoms with Gasteiger partial charge in [-0.25, -0.2) is 0 Å². The Morgan fingerprint density at radius 1 is 1.56 bits per heavy atom. The summed E-state index contributed by atoms with van der Waals surface area (Å²) in [5, 5.41) is 0. The van der Waals surface area contributed by atoms with Gasteiger partial charge >= 0.3 is 0 Å². The van der Waals surface area contributed by atoms with Gasteiger partial charge in [-0.2, -0.15) is 0 Å². The van der Waals surface area contributed by atoms with Gasteiger partial charge in [-0.1, -0.05) is 6.07 Å². The predicted octanol–water partition coefficient (Wildman–Crippen LogP) is 0.849. The molecule has 0 saturated heterocycles. The van der Waals surface area contributed by atoms with Gasteiger partial charge in [0, 0.05) is 18.9 Å². The summed E-state index contributed by atoms with van der Waals surface area (Å²) in [6, 6.07) is 2.03. The van der Waals surface area contributed by atoms with Gasteiger partial charge in [0.05, 0.1) is 0 Å². The molecule has 0 aromatic carbocycles. The Hall–Kier alpha value is -0.890. The molecular formula is C7H10N2. The molecule has 1 heterocycles. The van der Waals surface area contributed by atoms with Crippen LogP contribution < -0.4 is 5.73 Å². The Bertz CT molecular complexity index is 196.